The molecule has 1 aromatic heterocycles. The van der Waals surface area contributed by atoms with Gasteiger partial charge < -0.3 is 9.47 Å². The van der Waals surface area contributed by atoms with Gasteiger partial charge in [0.1, 0.15) is 0 Å². The van der Waals surface area contributed by atoms with Gasteiger partial charge in [-0.05, 0) is 42.6 Å². The van der Waals surface area contributed by atoms with E-state index in [1.54, 1.807) is 32.2 Å². The van der Waals surface area contributed by atoms with Gasteiger partial charge in [0, 0.05) is 30.4 Å². The van der Waals surface area contributed by atoms with E-state index < -0.39 is 0 Å². The summed E-state index contributed by atoms with van der Waals surface area (Å²) in [6.07, 6.45) is 5.77. The molecule has 0 saturated heterocycles. The van der Waals surface area contributed by atoms with Crippen LogP contribution in [0.3, 0.4) is 0 Å². The Morgan fingerprint density at radius 1 is 1.14 bits per heavy atom. The molecule has 0 aliphatic heterocycles. The van der Waals surface area contributed by atoms with Crippen LogP contribution < -0.4 is 9.47 Å². The minimum atomic E-state index is 0.769. The highest BCUT2D eigenvalue weighted by Crippen LogP contribution is 2.35. The molecule has 0 unspecified atom stereocenters. The van der Waals surface area contributed by atoms with Crippen molar-refractivity contribution in [1.29, 1.82) is 0 Å². The van der Waals surface area contributed by atoms with Crippen LogP contribution in [0.15, 0.2) is 41.6 Å². The van der Waals surface area contributed by atoms with E-state index in [9.17, 15) is 0 Å². The van der Waals surface area contributed by atoms with Crippen LogP contribution in [-0.2, 0) is 13.1 Å². The Labute approximate surface area is 136 Å². The van der Waals surface area contributed by atoms with Crippen molar-refractivity contribution in [3.8, 4) is 11.5 Å². The molecule has 0 N–H and O–H groups in total. The fourth-order valence-electron chi connectivity index (χ4n) is 2.37. The summed E-state index contributed by atoms with van der Waals surface area (Å²) in [6, 6.07) is 8.15. The van der Waals surface area contributed by atoms with Gasteiger partial charge in [0.2, 0.25) is 0 Å². The summed E-state index contributed by atoms with van der Waals surface area (Å²) in [7, 11) is 5.43. The van der Waals surface area contributed by atoms with Crippen molar-refractivity contribution in [3.05, 3.63) is 47.8 Å². The van der Waals surface area contributed by atoms with Crippen LogP contribution in [-0.4, -0.2) is 37.4 Å². The summed E-state index contributed by atoms with van der Waals surface area (Å²) in [5.41, 5.74) is 2.44. The molecular weight excluding hydrogens is 296 g/mol. The lowest BCUT2D eigenvalue weighted by molar-refractivity contribution is 0.313. The predicted octanol–water partition coefficient (Wildman–Crippen LogP) is 3.45. The fraction of sp³-hybridized carbons (Fsp3) is 0.353. The molecule has 22 heavy (non-hydrogen) atoms. The second-order valence-electron chi connectivity index (χ2n) is 5.05. The molecule has 0 spiro atoms. The van der Waals surface area contributed by atoms with Gasteiger partial charge in [0.15, 0.2) is 11.5 Å². The van der Waals surface area contributed by atoms with Crippen molar-refractivity contribution < 1.29 is 9.47 Å². The topological polar surface area (TPSA) is 34.6 Å². The summed E-state index contributed by atoms with van der Waals surface area (Å²) in [5.74, 6) is 1.54. The lowest BCUT2D eigenvalue weighted by Gasteiger charge is -2.20. The van der Waals surface area contributed by atoms with Crippen molar-refractivity contribution in [2.45, 2.75) is 18.0 Å². The Morgan fingerprint density at radius 3 is 2.45 bits per heavy atom. The van der Waals surface area contributed by atoms with Crippen molar-refractivity contribution >= 4 is 11.8 Å². The quantitative estimate of drug-likeness (QED) is 0.731. The van der Waals surface area contributed by atoms with Crippen molar-refractivity contribution in [2.24, 2.45) is 0 Å². The fourth-order valence-corrected chi connectivity index (χ4v) is 2.98. The molecule has 0 saturated carbocycles. The average Bonchev–Trinajstić information content (AvgIpc) is 2.55. The van der Waals surface area contributed by atoms with Gasteiger partial charge in [0.05, 0.1) is 14.2 Å². The number of hydrogen-bond donors (Lipinski definition) is 0. The van der Waals surface area contributed by atoms with Crippen LogP contribution in [0.1, 0.15) is 11.1 Å². The Bertz CT molecular complexity index is 605. The zero-order chi connectivity index (χ0) is 15.9. The first kappa shape index (κ1) is 16.6. The molecular formula is C17H22N2O2S. The van der Waals surface area contributed by atoms with Crippen molar-refractivity contribution in [1.82, 2.24) is 9.88 Å². The van der Waals surface area contributed by atoms with Gasteiger partial charge in [-0.3, -0.25) is 9.88 Å². The zero-order valence-corrected chi connectivity index (χ0v) is 14.3. The molecule has 1 heterocycles. The Kier molecular flexibility index (Phi) is 6.10. The lowest BCUT2D eigenvalue weighted by atomic mass is 10.1. The minimum Gasteiger partial charge on any atom is -0.493 e. The number of pyridine rings is 1. The molecule has 4 nitrogen and oxygen atoms in total. The molecule has 0 fully saturated rings. The maximum atomic E-state index is 5.41. The second-order valence-corrected chi connectivity index (χ2v) is 5.90. The second kappa shape index (κ2) is 8.06. The van der Waals surface area contributed by atoms with Gasteiger partial charge >= 0.3 is 0 Å². The smallest absolute Gasteiger partial charge is 0.161 e. The number of nitrogens with zero attached hydrogens (tertiary/aromatic N) is 2. The van der Waals surface area contributed by atoms with Crippen molar-refractivity contribution in [3.63, 3.8) is 0 Å². The Balaban J connectivity index is 2.17. The van der Waals surface area contributed by atoms with Gasteiger partial charge in [0.25, 0.3) is 0 Å². The summed E-state index contributed by atoms with van der Waals surface area (Å²) < 4.78 is 10.8. The van der Waals surface area contributed by atoms with Crippen LogP contribution in [0.4, 0.5) is 0 Å². The third-order valence-corrected chi connectivity index (χ3v) is 4.22. The Morgan fingerprint density at radius 2 is 1.86 bits per heavy atom. The van der Waals surface area contributed by atoms with E-state index >= 15 is 0 Å². The predicted molar refractivity (Wildman–Crippen MR) is 90.7 cm³/mol. The SMILES string of the molecule is COc1cc(CN(C)Cc2cccnc2)c(SC)cc1OC. The molecule has 118 valence electrons. The van der Waals surface area contributed by atoms with E-state index in [2.05, 4.69) is 35.3 Å². The Hall–Kier alpha value is -1.72. The molecule has 1 aromatic carbocycles. The monoisotopic (exact) mass is 318 g/mol. The highest BCUT2D eigenvalue weighted by molar-refractivity contribution is 7.98. The maximum Gasteiger partial charge on any atom is 0.161 e. The van der Waals surface area contributed by atoms with E-state index in [0.717, 1.165) is 24.6 Å². The van der Waals surface area contributed by atoms with Gasteiger partial charge in [-0.1, -0.05) is 6.07 Å². The van der Waals surface area contributed by atoms with E-state index in [0.29, 0.717) is 0 Å². The summed E-state index contributed by atoms with van der Waals surface area (Å²) in [6.45, 7) is 1.70. The number of aromatic nitrogens is 1. The molecule has 5 heteroatoms. The summed E-state index contributed by atoms with van der Waals surface area (Å²) in [5, 5.41) is 0. The number of thioether (sulfide) groups is 1. The van der Waals surface area contributed by atoms with E-state index in [4.69, 9.17) is 9.47 Å². The number of ether oxygens (including phenoxy) is 2. The molecule has 0 aliphatic carbocycles. The van der Waals surface area contributed by atoms with Crippen LogP contribution in [0.25, 0.3) is 0 Å². The van der Waals surface area contributed by atoms with Gasteiger partial charge in [-0.25, -0.2) is 0 Å². The lowest BCUT2D eigenvalue weighted by Crippen LogP contribution is -2.18. The number of rotatable bonds is 7. The van der Waals surface area contributed by atoms with Gasteiger partial charge in [-0.2, -0.15) is 0 Å². The van der Waals surface area contributed by atoms with Crippen LogP contribution >= 0.6 is 11.8 Å². The van der Waals surface area contributed by atoms with E-state index in [-0.39, 0.29) is 0 Å². The molecule has 0 bridgehead atoms. The molecule has 2 rings (SSSR count). The summed E-state index contributed by atoms with van der Waals surface area (Å²) in [4.78, 5) is 7.63. The minimum absolute atomic E-state index is 0.769. The van der Waals surface area contributed by atoms with Gasteiger partial charge in [-0.15, -0.1) is 11.8 Å². The average molecular weight is 318 g/mol. The standard InChI is InChI=1S/C17H22N2O2S/c1-19(11-13-6-5-7-18-10-13)12-14-8-15(20-2)16(21-3)9-17(14)22-4/h5-10H,11-12H2,1-4H3. The van der Waals surface area contributed by atoms with Crippen LogP contribution in [0, 0.1) is 0 Å². The largest absolute Gasteiger partial charge is 0.493 e. The number of hydrogen-bond acceptors (Lipinski definition) is 5. The first-order valence-electron chi connectivity index (χ1n) is 7.04. The van der Waals surface area contributed by atoms with Crippen LogP contribution in [0.2, 0.25) is 0 Å². The molecule has 0 radical (unpaired) electrons. The number of benzene rings is 1. The third kappa shape index (κ3) is 4.15. The number of methoxy groups -OCH3 is 2. The molecule has 0 aliphatic rings. The maximum absolute atomic E-state index is 5.41. The third-order valence-electron chi connectivity index (χ3n) is 3.40. The van der Waals surface area contributed by atoms with Crippen LogP contribution in [0.5, 0.6) is 11.5 Å². The van der Waals surface area contributed by atoms with E-state index in [1.807, 2.05) is 18.3 Å². The highest BCUT2D eigenvalue weighted by Gasteiger charge is 2.12. The molecule has 0 amide bonds. The normalized spacial score (nSPS) is 10.8. The summed E-state index contributed by atoms with van der Waals surface area (Å²) >= 11 is 1.72. The van der Waals surface area contributed by atoms with Crippen molar-refractivity contribution in [2.75, 3.05) is 27.5 Å². The molecule has 2 aromatic rings. The highest BCUT2D eigenvalue weighted by atomic mass is 32.2. The zero-order valence-electron chi connectivity index (χ0n) is 13.5. The molecule has 0 atom stereocenters. The first-order chi connectivity index (χ1) is 10.7. The van der Waals surface area contributed by atoms with E-state index in [1.165, 1.54) is 16.0 Å². The first-order valence-corrected chi connectivity index (χ1v) is 8.26.